The fourth-order valence-electron chi connectivity index (χ4n) is 1.87. The van der Waals surface area contributed by atoms with E-state index < -0.39 is 5.82 Å². The molecule has 0 radical (unpaired) electrons. The van der Waals surface area contributed by atoms with Crippen molar-refractivity contribution >= 4 is 34.5 Å². The molecule has 0 aliphatic rings. The third kappa shape index (κ3) is 3.29. The Balaban J connectivity index is 2.14. The van der Waals surface area contributed by atoms with Crippen LogP contribution in [0.1, 0.15) is 29.0 Å². The van der Waals surface area contributed by atoms with E-state index in [-0.39, 0.29) is 11.1 Å². The van der Waals surface area contributed by atoms with Crippen LogP contribution in [0.3, 0.4) is 0 Å². The predicted molar refractivity (Wildman–Crippen MR) is 80.7 cm³/mol. The highest BCUT2D eigenvalue weighted by molar-refractivity contribution is 7.10. The molecular formula is C14H14Cl2FNS. The summed E-state index contributed by atoms with van der Waals surface area (Å²) in [6.45, 7) is 4.71. The van der Waals surface area contributed by atoms with Crippen molar-refractivity contribution in [1.29, 1.82) is 0 Å². The molecule has 0 amide bonds. The van der Waals surface area contributed by atoms with Gasteiger partial charge in [0.05, 0.1) is 5.02 Å². The SMILES string of the molecule is Cc1ccsc1CNC(C)c1c(Cl)ccc(F)c1Cl. The Kier molecular flexibility index (Phi) is 4.85. The summed E-state index contributed by atoms with van der Waals surface area (Å²) in [6.07, 6.45) is 0. The first kappa shape index (κ1) is 14.8. The molecule has 0 aliphatic carbocycles. The van der Waals surface area contributed by atoms with Crippen LogP contribution < -0.4 is 5.32 Å². The maximum Gasteiger partial charge on any atom is 0.142 e. The maximum atomic E-state index is 13.5. The molecule has 0 aliphatic heterocycles. The monoisotopic (exact) mass is 317 g/mol. The number of thiophene rings is 1. The molecule has 5 heteroatoms. The van der Waals surface area contributed by atoms with E-state index in [9.17, 15) is 4.39 Å². The van der Waals surface area contributed by atoms with Crippen molar-refractivity contribution in [3.05, 3.63) is 55.4 Å². The van der Waals surface area contributed by atoms with Gasteiger partial charge in [-0.2, -0.15) is 0 Å². The molecule has 19 heavy (non-hydrogen) atoms. The molecule has 1 aromatic carbocycles. The molecule has 1 N–H and O–H groups in total. The fourth-order valence-corrected chi connectivity index (χ4v) is 3.43. The zero-order valence-corrected chi connectivity index (χ0v) is 13.0. The van der Waals surface area contributed by atoms with Crippen molar-refractivity contribution in [2.75, 3.05) is 0 Å². The molecule has 1 atom stereocenters. The van der Waals surface area contributed by atoms with Crippen LogP contribution >= 0.6 is 34.5 Å². The van der Waals surface area contributed by atoms with Gasteiger partial charge in [-0.15, -0.1) is 11.3 Å². The van der Waals surface area contributed by atoms with Crippen LogP contribution in [0.5, 0.6) is 0 Å². The molecule has 102 valence electrons. The van der Waals surface area contributed by atoms with E-state index in [0.717, 1.165) is 0 Å². The molecule has 0 fully saturated rings. The summed E-state index contributed by atoms with van der Waals surface area (Å²) in [7, 11) is 0. The lowest BCUT2D eigenvalue weighted by Crippen LogP contribution is -2.19. The Hall–Kier alpha value is -0.610. The van der Waals surface area contributed by atoms with Crippen molar-refractivity contribution < 1.29 is 4.39 Å². The Morgan fingerprint density at radius 2 is 2.05 bits per heavy atom. The van der Waals surface area contributed by atoms with E-state index in [1.165, 1.54) is 22.6 Å². The van der Waals surface area contributed by atoms with E-state index in [2.05, 4.69) is 23.7 Å². The molecule has 1 heterocycles. The first-order valence-electron chi connectivity index (χ1n) is 5.90. The van der Waals surface area contributed by atoms with E-state index in [1.807, 2.05) is 6.92 Å². The third-order valence-electron chi connectivity index (χ3n) is 3.05. The summed E-state index contributed by atoms with van der Waals surface area (Å²) in [6, 6.07) is 4.78. The Morgan fingerprint density at radius 3 is 2.68 bits per heavy atom. The summed E-state index contributed by atoms with van der Waals surface area (Å²) in [4.78, 5) is 1.26. The third-order valence-corrected chi connectivity index (χ3v) is 4.79. The molecule has 0 saturated heterocycles. The zero-order valence-electron chi connectivity index (χ0n) is 10.6. The molecule has 1 unspecified atom stereocenters. The Bertz CT molecular complexity index is 583. The van der Waals surface area contributed by atoms with Gasteiger partial charge in [0.25, 0.3) is 0 Å². The Morgan fingerprint density at radius 1 is 1.32 bits per heavy atom. The van der Waals surface area contributed by atoms with Crippen molar-refractivity contribution in [3.63, 3.8) is 0 Å². The minimum absolute atomic E-state index is 0.0930. The summed E-state index contributed by atoms with van der Waals surface area (Å²) < 4.78 is 13.5. The number of aryl methyl sites for hydroxylation is 1. The standard InChI is InChI=1S/C14H14Cl2FNS/c1-8-5-6-19-12(8)7-18-9(2)13-10(15)3-4-11(17)14(13)16/h3-6,9,18H,7H2,1-2H3. The predicted octanol–water partition coefficient (Wildman–Crippen LogP) is 5.35. The van der Waals surface area contributed by atoms with Crippen LogP contribution in [0.15, 0.2) is 23.6 Å². The van der Waals surface area contributed by atoms with Crippen LogP contribution in [-0.4, -0.2) is 0 Å². The lowest BCUT2D eigenvalue weighted by molar-refractivity contribution is 0.568. The second kappa shape index (κ2) is 6.23. The van der Waals surface area contributed by atoms with Gasteiger partial charge in [0.1, 0.15) is 5.82 Å². The van der Waals surface area contributed by atoms with Crippen molar-refractivity contribution in [3.8, 4) is 0 Å². The molecule has 0 spiro atoms. The van der Waals surface area contributed by atoms with Gasteiger partial charge in [0, 0.05) is 28.0 Å². The quantitative estimate of drug-likeness (QED) is 0.749. The Labute approximate surface area is 126 Å². The molecule has 1 nitrogen and oxygen atoms in total. The lowest BCUT2D eigenvalue weighted by Gasteiger charge is -2.17. The lowest BCUT2D eigenvalue weighted by atomic mass is 10.1. The highest BCUT2D eigenvalue weighted by atomic mass is 35.5. The number of nitrogens with one attached hydrogen (secondary N) is 1. The second-order valence-electron chi connectivity index (χ2n) is 4.39. The normalized spacial score (nSPS) is 12.7. The van der Waals surface area contributed by atoms with Gasteiger partial charge >= 0.3 is 0 Å². The zero-order chi connectivity index (χ0) is 14.0. The van der Waals surface area contributed by atoms with Gasteiger partial charge in [-0.25, -0.2) is 4.39 Å². The number of hydrogen-bond acceptors (Lipinski definition) is 2. The molecule has 0 bridgehead atoms. The number of hydrogen-bond donors (Lipinski definition) is 1. The van der Waals surface area contributed by atoms with Gasteiger partial charge in [-0.3, -0.25) is 0 Å². The van der Waals surface area contributed by atoms with Crippen LogP contribution in [-0.2, 0) is 6.54 Å². The molecule has 2 rings (SSSR count). The van der Waals surface area contributed by atoms with Crippen LogP contribution in [0, 0.1) is 12.7 Å². The van der Waals surface area contributed by atoms with Crippen LogP contribution in [0.25, 0.3) is 0 Å². The molecule has 1 aromatic heterocycles. The summed E-state index contributed by atoms with van der Waals surface area (Å²) in [5.41, 5.74) is 1.86. The van der Waals surface area contributed by atoms with Gasteiger partial charge in [0.15, 0.2) is 0 Å². The van der Waals surface area contributed by atoms with Crippen LogP contribution in [0.2, 0.25) is 10.0 Å². The number of rotatable bonds is 4. The summed E-state index contributed by atoms with van der Waals surface area (Å²) in [5.74, 6) is -0.443. The number of benzene rings is 1. The second-order valence-corrected chi connectivity index (χ2v) is 6.17. The number of halogens is 3. The van der Waals surface area contributed by atoms with Crippen molar-refractivity contribution in [2.45, 2.75) is 26.4 Å². The highest BCUT2D eigenvalue weighted by Crippen LogP contribution is 2.32. The highest BCUT2D eigenvalue weighted by Gasteiger charge is 2.17. The van der Waals surface area contributed by atoms with E-state index in [4.69, 9.17) is 23.2 Å². The largest absolute Gasteiger partial charge is 0.305 e. The van der Waals surface area contributed by atoms with Gasteiger partial charge < -0.3 is 5.32 Å². The fraction of sp³-hybridized carbons (Fsp3) is 0.286. The minimum atomic E-state index is -0.443. The van der Waals surface area contributed by atoms with E-state index in [0.29, 0.717) is 17.1 Å². The van der Waals surface area contributed by atoms with Crippen molar-refractivity contribution in [2.24, 2.45) is 0 Å². The topological polar surface area (TPSA) is 12.0 Å². The smallest absolute Gasteiger partial charge is 0.142 e. The van der Waals surface area contributed by atoms with Gasteiger partial charge in [-0.1, -0.05) is 23.2 Å². The summed E-state index contributed by atoms with van der Waals surface area (Å²) in [5, 5.41) is 5.95. The summed E-state index contributed by atoms with van der Waals surface area (Å²) >= 11 is 13.8. The van der Waals surface area contributed by atoms with Crippen molar-refractivity contribution in [1.82, 2.24) is 5.32 Å². The van der Waals surface area contributed by atoms with Gasteiger partial charge in [0.2, 0.25) is 0 Å². The van der Waals surface area contributed by atoms with Crippen LogP contribution in [0.4, 0.5) is 4.39 Å². The average molecular weight is 318 g/mol. The molecular weight excluding hydrogens is 304 g/mol. The average Bonchev–Trinajstić information content (AvgIpc) is 2.77. The van der Waals surface area contributed by atoms with E-state index in [1.54, 1.807) is 11.3 Å². The van der Waals surface area contributed by atoms with E-state index >= 15 is 0 Å². The van der Waals surface area contributed by atoms with Gasteiger partial charge in [-0.05, 0) is 43.0 Å². The first-order valence-corrected chi connectivity index (χ1v) is 7.54. The maximum absolute atomic E-state index is 13.5. The minimum Gasteiger partial charge on any atom is -0.305 e. The first-order chi connectivity index (χ1) is 9.00. The molecule has 2 aromatic rings. The molecule has 0 saturated carbocycles.